The van der Waals surface area contributed by atoms with Gasteiger partial charge < -0.3 is 75.8 Å². The van der Waals surface area contributed by atoms with E-state index < -0.39 is 141 Å². The summed E-state index contributed by atoms with van der Waals surface area (Å²) in [7, 11) is -20.4. The maximum Gasteiger partial charge on any atom is 0.490 e. The van der Waals surface area contributed by atoms with Crippen LogP contribution in [0.3, 0.4) is 0 Å². The van der Waals surface area contributed by atoms with Crippen molar-refractivity contribution < 1.29 is 99.0 Å². The number of imidazole rings is 3. The zero-order valence-corrected chi connectivity index (χ0v) is 44.1. The van der Waals surface area contributed by atoms with Gasteiger partial charge >= 0.3 is 31.1 Å². The van der Waals surface area contributed by atoms with E-state index in [1.54, 1.807) is 12.3 Å². The number of nitrogens with zero attached hydrogens (tertiary/aromatic N) is 9. The molecule has 3 saturated heterocycles. The van der Waals surface area contributed by atoms with E-state index in [1.165, 1.54) is 18.0 Å². The summed E-state index contributed by atoms with van der Waals surface area (Å²) >= 11 is 0. The second-order valence-electron chi connectivity index (χ2n) is 17.8. The number of rotatable bonds is 21. The van der Waals surface area contributed by atoms with E-state index in [0.717, 1.165) is 28.9 Å². The first-order valence-electron chi connectivity index (χ1n) is 23.0. The van der Waals surface area contributed by atoms with Crippen molar-refractivity contribution in [1.29, 1.82) is 0 Å². The smallest absolute Gasteiger partial charge is 0.397 e. The number of hydrogen-bond acceptors (Lipinski definition) is 28. The van der Waals surface area contributed by atoms with Gasteiger partial charge in [-0.05, 0) is 19.3 Å². The van der Waals surface area contributed by atoms with E-state index in [0.29, 0.717) is 12.8 Å². The number of nitrogen functional groups attached to an aromatic ring is 2. The third-order valence-corrected chi connectivity index (χ3v) is 18.3. The Morgan fingerprint density at radius 3 is 1.82 bits per heavy atom. The van der Waals surface area contributed by atoms with E-state index in [2.05, 4.69) is 48.5 Å². The number of phosphoric ester groups is 2. The average Bonchev–Trinajstić information content (AvgIpc) is 4.33. The van der Waals surface area contributed by atoms with Gasteiger partial charge in [0.15, 0.2) is 46.8 Å². The molecule has 0 radical (unpaired) electrons. The Morgan fingerprint density at radius 1 is 0.679 bits per heavy atom. The van der Waals surface area contributed by atoms with Crippen LogP contribution >= 0.6 is 31.1 Å². The summed E-state index contributed by atoms with van der Waals surface area (Å²) in [6, 6.07) is 0. The average molecular weight is 1180 g/mol. The van der Waals surface area contributed by atoms with Crippen molar-refractivity contribution in [2.24, 2.45) is 16.6 Å². The zero-order valence-electron chi connectivity index (χ0n) is 40.5. The maximum absolute atomic E-state index is 14.0. The predicted molar refractivity (Wildman–Crippen MR) is 261 cm³/mol. The molecule has 5 aromatic heterocycles. The molecule has 3 fully saturated rings. The van der Waals surface area contributed by atoms with Crippen LogP contribution in [0.4, 0.5) is 17.7 Å². The second kappa shape index (κ2) is 22.5. The molecule has 0 saturated carbocycles. The van der Waals surface area contributed by atoms with Crippen molar-refractivity contribution in [2.45, 2.75) is 86.8 Å². The molecular formula is C37H52N14O23P4. The molecule has 15 N–H and O–H groups in total. The van der Waals surface area contributed by atoms with Crippen molar-refractivity contribution >= 4 is 83.0 Å². The number of phosphoric acid groups is 3. The highest BCUT2D eigenvalue weighted by atomic mass is 31.3. The number of aliphatic hydroxyl groups excluding tert-OH is 3. The number of fused-ring (bicyclic) bond motifs is 3. The van der Waals surface area contributed by atoms with Gasteiger partial charge in [0.05, 0.1) is 62.9 Å². The Kier molecular flexibility index (Phi) is 16.6. The molecule has 0 aromatic carbocycles. The molecule has 41 heteroatoms. The lowest BCUT2D eigenvalue weighted by atomic mass is 9.99. The fraction of sp³-hybridized carbons (Fsp3) is 0.568. The molecule has 9 heterocycles. The molecule has 78 heavy (non-hydrogen) atoms. The maximum atomic E-state index is 14.0. The van der Waals surface area contributed by atoms with Crippen molar-refractivity contribution in [3.8, 4) is 0 Å². The van der Waals surface area contributed by atoms with Crippen LogP contribution in [-0.2, 0) is 64.1 Å². The van der Waals surface area contributed by atoms with Crippen LogP contribution in [0.25, 0.3) is 28.0 Å². The lowest BCUT2D eigenvalue weighted by molar-refractivity contribution is -0.0587. The van der Waals surface area contributed by atoms with Crippen LogP contribution < -0.4 is 28.3 Å². The van der Waals surface area contributed by atoms with Gasteiger partial charge in [-0.2, -0.15) is 18.6 Å². The Hall–Kier alpha value is -5.04. The lowest BCUT2D eigenvalue weighted by Crippen LogP contribution is -2.37. The predicted octanol–water partition coefficient (Wildman–Crippen LogP) is -1.51. The first kappa shape index (κ1) is 57.6. The third-order valence-electron chi connectivity index (χ3n) is 12.6. The highest BCUT2D eigenvalue weighted by molar-refractivity contribution is 7.66. The highest BCUT2D eigenvalue weighted by Gasteiger charge is 2.53. The van der Waals surface area contributed by atoms with Crippen LogP contribution in [0.15, 0.2) is 39.6 Å². The number of nitrogens with one attached hydrogen (secondary N) is 2. The summed E-state index contributed by atoms with van der Waals surface area (Å²) in [5.41, 5.74) is 16.1. The van der Waals surface area contributed by atoms with Crippen LogP contribution in [0, 0.1) is 5.92 Å². The molecule has 16 atom stereocenters. The van der Waals surface area contributed by atoms with Crippen LogP contribution in [0.1, 0.15) is 43.6 Å². The van der Waals surface area contributed by atoms with Crippen molar-refractivity contribution in [1.82, 2.24) is 48.6 Å². The molecule has 4 aliphatic rings. The Balaban J connectivity index is 0.879. The number of ether oxygens (including phenoxy) is 5. The standard InChI is InChI=1S/C37H52N14O23P4/c1-65-9-15-18(70-33(23(15)52)50-13-43-21-29(50)45-36(39)47-31(21)55)10-67-76(59,60)73-78(63,64)74-77(61,62)68-11-19-26(27(66-2)35(71-19)49-12-42-20-16(38)5-3-4-7-41-28(20)49)72-75(57,58)8-6-17-24(53)25(54)34(69-17)51-14-44-22-30(51)46-37(40)48-32(22)56/h5,7,12-15,17-19,23-27,33-35,52-54H,3-4,6,8-11,38H2,1-2H3,(H,57,58)(H,59,60)(H,61,62)(H,63,64)(H3,39,45,47,55)(H3,40,46,48,56)/b16-5+,41-7-/t15-,17-,18-,19?,23-,24-,25-,26-,27-,33-,34-,35-/m1/s1. The molecule has 428 valence electrons. The SMILES string of the molecule is COC[C@H]1[C@@H](O)[C@H](n2cnc3c(=O)[nH]c(N)nc32)O[C@@H]1COP(=O)(O)OP(=O)(O)OP(=O)(O)OCC1O[C@@H](n2cnc3c2/N=C\CC/C=C\3N)[C@H](OC)[C@@H]1OP(=O)(O)CC[C@H]1O[C@@H](n2cnc3c(=O)[nH]c(N)nc32)[C@H](O)[C@@H]1O. The summed E-state index contributed by atoms with van der Waals surface area (Å²) in [5.74, 6) is -1.49. The van der Waals surface area contributed by atoms with E-state index in [9.17, 15) is 62.7 Å². The number of H-pyrrole nitrogens is 2. The molecule has 0 bridgehead atoms. The summed E-state index contributed by atoms with van der Waals surface area (Å²) in [5, 5.41) is 33.1. The van der Waals surface area contributed by atoms with Gasteiger partial charge in [0.25, 0.3) is 11.1 Å². The molecule has 9 rings (SSSR count). The van der Waals surface area contributed by atoms with Gasteiger partial charge in [0.2, 0.25) is 11.9 Å². The molecule has 4 aliphatic heterocycles. The minimum atomic E-state index is -6.16. The second-order valence-corrected chi connectivity index (χ2v) is 24.4. The number of aromatic amines is 2. The van der Waals surface area contributed by atoms with Gasteiger partial charge in [-0.1, -0.05) is 6.08 Å². The Labute approximate surface area is 436 Å². The summed E-state index contributed by atoms with van der Waals surface area (Å²) in [6.45, 7) is -2.40. The first-order valence-corrected chi connectivity index (χ1v) is 29.3. The summed E-state index contributed by atoms with van der Waals surface area (Å²) < 4.78 is 110. The third kappa shape index (κ3) is 12.0. The fourth-order valence-corrected chi connectivity index (χ4v) is 14.0. The number of nitrogens with two attached hydrogens (primary N) is 3. The number of aromatic nitrogens is 10. The van der Waals surface area contributed by atoms with Gasteiger partial charge in [0.1, 0.15) is 42.3 Å². The van der Waals surface area contributed by atoms with E-state index in [4.69, 9.17) is 54.5 Å². The minimum absolute atomic E-state index is 0.101. The van der Waals surface area contributed by atoms with E-state index >= 15 is 0 Å². The number of aliphatic hydroxyl groups is 3. The monoisotopic (exact) mass is 1180 g/mol. The zero-order chi connectivity index (χ0) is 56.2. The van der Waals surface area contributed by atoms with Crippen molar-refractivity contribution in [3.05, 3.63) is 51.5 Å². The van der Waals surface area contributed by atoms with Crippen molar-refractivity contribution in [2.75, 3.05) is 51.7 Å². The molecule has 0 aliphatic carbocycles. The topological polar surface area (TPSA) is 538 Å². The molecule has 5 aromatic rings. The summed E-state index contributed by atoms with van der Waals surface area (Å²) in [6.07, 6.45) is -10.2. The number of methoxy groups -OCH3 is 2. The minimum Gasteiger partial charge on any atom is -0.397 e. The molecule has 0 amide bonds. The Morgan fingerprint density at radius 2 is 1.23 bits per heavy atom. The van der Waals surface area contributed by atoms with Crippen LogP contribution in [0.5, 0.6) is 0 Å². The van der Waals surface area contributed by atoms with Gasteiger partial charge in [-0.3, -0.25) is 51.4 Å². The fourth-order valence-electron chi connectivity index (χ4n) is 9.11. The first-order chi connectivity index (χ1) is 36.8. The number of allylic oxidation sites excluding steroid dienone is 1. The molecule has 0 spiro atoms. The largest absolute Gasteiger partial charge is 0.490 e. The van der Waals surface area contributed by atoms with Crippen molar-refractivity contribution in [3.63, 3.8) is 0 Å². The van der Waals surface area contributed by atoms with Gasteiger partial charge in [-0.25, -0.2) is 33.6 Å². The van der Waals surface area contributed by atoms with Gasteiger partial charge in [-0.15, -0.1) is 0 Å². The molecular weight excluding hydrogens is 1130 g/mol. The number of anilines is 2. The van der Waals surface area contributed by atoms with E-state index in [-0.39, 0.29) is 58.0 Å². The number of aliphatic imine (C=N–C) groups is 1. The summed E-state index contributed by atoms with van der Waals surface area (Å²) in [4.78, 5) is 97.1. The lowest BCUT2D eigenvalue weighted by Gasteiger charge is -2.26. The van der Waals surface area contributed by atoms with Crippen LogP contribution in [-0.4, -0.2) is 179 Å². The quantitative estimate of drug-likeness (QED) is 0.0372. The molecule has 5 unspecified atom stereocenters. The normalized spacial score (nSPS) is 31.7. The number of hydrogen-bond donors (Lipinski definition) is 12. The Bertz CT molecular complexity index is 3420. The molecule has 37 nitrogen and oxygen atoms in total. The van der Waals surface area contributed by atoms with Crippen LogP contribution in [0.2, 0.25) is 0 Å². The highest BCUT2D eigenvalue weighted by Crippen LogP contribution is 2.68. The van der Waals surface area contributed by atoms with E-state index in [1.807, 2.05) is 0 Å². The van der Waals surface area contributed by atoms with Gasteiger partial charge in [0, 0.05) is 26.4 Å².